The van der Waals surface area contributed by atoms with Gasteiger partial charge in [-0.25, -0.2) is 4.79 Å². The lowest BCUT2D eigenvalue weighted by Crippen LogP contribution is -2.50. The lowest BCUT2D eigenvalue weighted by atomic mass is 9.85. The first-order chi connectivity index (χ1) is 15.8. The van der Waals surface area contributed by atoms with E-state index in [1.54, 1.807) is 13.8 Å². The molecule has 1 aromatic rings. The molecule has 4 rings (SSSR count). The average Bonchev–Trinajstić information content (AvgIpc) is 3.47. The molecule has 0 unspecified atom stereocenters. The number of nitrogens with one attached hydrogen (secondary N) is 1. The number of benzene rings is 1. The van der Waals surface area contributed by atoms with Crippen molar-refractivity contribution >= 4 is 29.4 Å². The normalized spacial score (nSPS) is 26.2. The van der Waals surface area contributed by atoms with Gasteiger partial charge in [0.25, 0.3) is 5.91 Å². The number of ether oxygens (including phenoxy) is 1. The van der Waals surface area contributed by atoms with E-state index >= 15 is 0 Å². The molecular formula is C26H32N2O5. The minimum Gasteiger partial charge on any atom is -0.454 e. The van der Waals surface area contributed by atoms with Gasteiger partial charge in [-0.15, -0.1) is 0 Å². The molecule has 2 bridgehead atoms. The topological polar surface area (TPSA) is 92.8 Å². The average molecular weight is 453 g/mol. The number of nitrogens with zero attached hydrogens (tertiary/aromatic N) is 1. The highest BCUT2D eigenvalue weighted by atomic mass is 16.5. The van der Waals surface area contributed by atoms with Gasteiger partial charge in [-0.3, -0.25) is 19.3 Å². The third-order valence-corrected chi connectivity index (χ3v) is 7.26. The molecule has 0 radical (unpaired) electrons. The SMILES string of the molecule is CCc1cccc(CC)c1NC(=O)COC(=O)[C@H](C(C)C)N1C(=O)[C@@H]2[C@@H](C1=O)[C@H]1C=C[C@H]2C1. The minimum absolute atomic E-state index is 0.0717. The Labute approximate surface area is 194 Å². The Morgan fingerprint density at radius 1 is 1.03 bits per heavy atom. The summed E-state index contributed by atoms with van der Waals surface area (Å²) in [4.78, 5) is 53.0. The van der Waals surface area contributed by atoms with Crippen LogP contribution in [-0.2, 0) is 36.8 Å². The monoisotopic (exact) mass is 452 g/mol. The molecule has 7 heteroatoms. The van der Waals surface area contributed by atoms with Crippen LogP contribution in [0.3, 0.4) is 0 Å². The quantitative estimate of drug-likeness (QED) is 0.372. The number of allylic oxidation sites excluding steroid dienone is 2. The first kappa shape index (κ1) is 23.2. The molecule has 33 heavy (non-hydrogen) atoms. The largest absolute Gasteiger partial charge is 0.454 e. The number of likely N-dealkylation sites (tertiary alicyclic amines) is 1. The summed E-state index contributed by atoms with van der Waals surface area (Å²) < 4.78 is 5.33. The Hall–Kier alpha value is -2.96. The molecule has 1 saturated heterocycles. The fraction of sp³-hybridized carbons (Fsp3) is 0.538. The third-order valence-electron chi connectivity index (χ3n) is 7.26. The van der Waals surface area contributed by atoms with Crippen LogP contribution in [0.25, 0.3) is 0 Å². The van der Waals surface area contributed by atoms with Crippen LogP contribution in [0.15, 0.2) is 30.4 Å². The number of rotatable bonds is 8. The lowest BCUT2D eigenvalue weighted by molar-refractivity contribution is -0.162. The van der Waals surface area contributed by atoms with Gasteiger partial charge in [0.2, 0.25) is 11.8 Å². The summed E-state index contributed by atoms with van der Waals surface area (Å²) in [6.45, 7) is 7.11. The van der Waals surface area contributed by atoms with Crippen molar-refractivity contribution in [3.05, 3.63) is 41.5 Å². The highest BCUT2D eigenvalue weighted by Gasteiger charge is 2.61. The predicted molar refractivity (Wildman–Crippen MR) is 123 cm³/mol. The Morgan fingerprint density at radius 2 is 1.58 bits per heavy atom. The summed E-state index contributed by atoms with van der Waals surface area (Å²) in [7, 11) is 0. The van der Waals surface area contributed by atoms with E-state index in [9.17, 15) is 19.2 Å². The third kappa shape index (κ3) is 3.98. The maximum atomic E-state index is 13.1. The molecule has 1 saturated carbocycles. The molecule has 7 nitrogen and oxygen atoms in total. The van der Waals surface area contributed by atoms with E-state index in [1.165, 1.54) is 0 Å². The summed E-state index contributed by atoms with van der Waals surface area (Å²) >= 11 is 0. The van der Waals surface area contributed by atoms with Crippen molar-refractivity contribution in [3.63, 3.8) is 0 Å². The van der Waals surface area contributed by atoms with Gasteiger partial charge >= 0.3 is 5.97 Å². The Balaban J connectivity index is 1.44. The number of para-hydroxylation sites is 1. The fourth-order valence-electron chi connectivity index (χ4n) is 5.68. The van der Waals surface area contributed by atoms with Crippen LogP contribution in [0.5, 0.6) is 0 Å². The molecule has 1 aromatic carbocycles. The van der Waals surface area contributed by atoms with Gasteiger partial charge in [-0.05, 0) is 48.1 Å². The molecule has 5 atom stereocenters. The Morgan fingerprint density at radius 3 is 2.06 bits per heavy atom. The van der Waals surface area contributed by atoms with E-state index in [1.807, 2.05) is 44.2 Å². The molecule has 2 aliphatic carbocycles. The molecule has 3 aliphatic rings. The second-order valence-electron chi connectivity index (χ2n) is 9.55. The van der Waals surface area contributed by atoms with Crippen LogP contribution in [-0.4, -0.2) is 41.2 Å². The van der Waals surface area contributed by atoms with Gasteiger partial charge in [-0.2, -0.15) is 0 Å². The van der Waals surface area contributed by atoms with Crippen molar-refractivity contribution in [3.8, 4) is 0 Å². The van der Waals surface area contributed by atoms with Gasteiger partial charge in [0.1, 0.15) is 6.04 Å². The van der Waals surface area contributed by atoms with Crippen molar-refractivity contribution in [1.29, 1.82) is 0 Å². The smallest absolute Gasteiger partial charge is 0.330 e. The molecule has 1 aliphatic heterocycles. The number of carbonyl (C=O) groups is 4. The highest BCUT2D eigenvalue weighted by molar-refractivity contribution is 6.09. The molecule has 176 valence electrons. The molecule has 0 spiro atoms. The van der Waals surface area contributed by atoms with Crippen molar-refractivity contribution < 1.29 is 23.9 Å². The van der Waals surface area contributed by atoms with Crippen molar-refractivity contribution in [1.82, 2.24) is 4.90 Å². The van der Waals surface area contributed by atoms with E-state index in [-0.39, 0.29) is 41.4 Å². The molecular weight excluding hydrogens is 420 g/mol. The fourth-order valence-corrected chi connectivity index (χ4v) is 5.68. The second-order valence-corrected chi connectivity index (χ2v) is 9.55. The van der Waals surface area contributed by atoms with Gasteiger partial charge < -0.3 is 10.1 Å². The molecule has 3 amide bonds. The zero-order valence-corrected chi connectivity index (χ0v) is 19.7. The van der Waals surface area contributed by atoms with Crippen molar-refractivity contribution in [2.75, 3.05) is 11.9 Å². The first-order valence-electron chi connectivity index (χ1n) is 11.9. The summed E-state index contributed by atoms with van der Waals surface area (Å²) in [5, 5.41) is 2.87. The van der Waals surface area contributed by atoms with Gasteiger partial charge in [-0.1, -0.05) is 58.0 Å². The van der Waals surface area contributed by atoms with Crippen LogP contribution in [0.1, 0.15) is 45.2 Å². The van der Waals surface area contributed by atoms with E-state index < -0.39 is 24.5 Å². The molecule has 0 aromatic heterocycles. The van der Waals surface area contributed by atoms with Crippen LogP contribution >= 0.6 is 0 Å². The van der Waals surface area contributed by atoms with E-state index in [0.29, 0.717) is 0 Å². The number of amides is 3. The first-order valence-corrected chi connectivity index (χ1v) is 11.9. The van der Waals surface area contributed by atoms with Crippen molar-refractivity contribution in [2.24, 2.45) is 29.6 Å². The summed E-state index contributed by atoms with van der Waals surface area (Å²) in [6.07, 6.45) is 6.39. The zero-order valence-electron chi connectivity index (χ0n) is 19.7. The number of hydrogen-bond acceptors (Lipinski definition) is 5. The van der Waals surface area contributed by atoms with E-state index in [2.05, 4.69) is 5.32 Å². The maximum Gasteiger partial charge on any atom is 0.330 e. The number of aryl methyl sites for hydroxylation is 2. The van der Waals surface area contributed by atoms with Crippen LogP contribution < -0.4 is 5.32 Å². The summed E-state index contributed by atoms with van der Waals surface area (Å²) in [5.41, 5.74) is 2.78. The zero-order chi connectivity index (χ0) is 23.9. The van der Waals surface area contributed by atoms with Crippen LogP contribution in [0.2, 0.25) is 0 Å². The number of carbonyl (C=O) groups excluding carboxylic acids is 4. The number of imide groups is 1. The van der Waals surface area contributed by atoms with Crippen LogP contribution in [0.4, 0.5) is 5.69 Å². The Kier molecular flexibility index (Phi) is 6.41. The standard InChI is InChI=1S/C26H32N2O5/c1-5-15-8-7-9-16(6-2)22(15)27-19(29)13-33-26(32)23(14(3)4)28-24(30)20-17-10-11-18(12-17)21(20)25(28)31/h7-11,14,17-18,20-21,23H,5-6,12-13H2,1-4H3,(H,27,29)/t17-,18-,20-,21-,23-/m0/s1. The van der Waals surface area contributed by atoms with E-state index in [0.717, 1.165) is 41.0 Å². The van der Waals surface area contributed by atoms with E-state index in [4.69, 9.17) is 4.74 Å². The molecule has 1 N–H and O–H groups in total. The van der Waals surface area contributed by atoms with Crippen LogP contribution in [0, 0.1) is 29.6 Å². The second kappa shape index (κ2) is 9.12. The number of fused-ring (bicyclic) bond motifs is 5. The highest BCUT2D eigenvalue weighted by Crippen LogP contribution is 2.53. The molecule has 2 fully saturated rings. The van der Waals surface area contributed by atoms with Gasteiger partial charge in [0, 0.05) is 5.69 Å². The predicted octanol–water partition coefficient (Wildman–Crippen LogP) is 3.12. The Bertz CT molecular complexity index is 962. The maximum absolute atomic E-state index is 13.1. The minimum atomic E-state index is -1.03. The lowest BCUT2D eigenvalue weighted by Gasteiger charge is -2.28. The van der Waals surface area contributed by atoms with Gasteiger partial charge in [0.05, 0.1) is 11.8 Å². The summed E-state index contributed by atoms with van der Waals surface area (Å²) in [6, 6.07) is 4.84. The van der Waals surface area contributed by atoms with Gasteiger partial charge in [0.15, 0.2) is 6.61 Å². The number of hydrogen-bond donors (Lipinski definition) is 1. The molecule has 1 heterocycles. The number of anilines is 1. The summed E-state index contributed by atoms with van der Waals surface area (Å²) in [5.74, 6) is -2.67. The number of esters is 1. The van der Waals surface area contributed by atoms with Crippen molar-refractivity contribution in [2.45, 2.75) is 53.0 Å².